The van der Waals surface area contributed by atoms with E-state index in [2.05, 4.69) is 42.6 Å². The van der Waals surface area contributed by atoms with Gasteiger partial charge in [0.1, 0.15) is 0 Å². The molecule has 0 bridgehead atoms. The van der Waals surface area contributed by atoms with Crippen molar-refractivity contribution in [3.63, 3.8) is 0 Å². The summed E-state index contributed by atoms with van der Waals surface area (Å²) >= 11 is 0. The highest BCUT2D eigenvalue weighted by atomic mass is 15.3. The van der Waals surface area contributed by atoms with E-state index in [4.69, 9.17) is 0 Å². The molecule has 0 unspecified atom stereocenters. The first-order chi connectivity index (χ1) is 6.09. The number of aryl methyl sites for hydroxylation is 2. The Bertz CT molecular complexity index is 323. The van der Waals surface area contributed by atoms with Crippen LogP contribution >= 0.6 is 0 Å². The van der Waals surface area contributed by atoms with Crippen molar-refractivity contribution in [1.29, 1.82) is 0 Å². The van der Waals surface area contributed by atoms with Crippen LogP contribution in [-0.4, -0.2) is 5.71 Å². The second kappa shape index (κ2) is 4.08. The van der Waals surface area contributed by atoms with Gasteiger partial charge in [0.25, 0.3) is 0 Å². The quantitative estimate of drug-likeness (QED) is 0.543. The fourth-order valence-corrected chi connectivity index (χ4v) is 1.11. The van der Waals surface area contributed by atoms with Crippen molar-refractivity contribution in [3.05, 3.63) is 29.3 Å². The van der Waals surface area contributed by atoms with Gasteiger partial charge in [-0.3, -0.25) is 5.43 Å². The van der Waals surface area contributed by atoms with Gasteiger partial charge in [0.15, 0.2) is 0 Å². The molecular formula is C11H16N2. The molecule has 70 valence electrons. The number of nitrogens with one attached hydrogen (secondary N) is 1. The summed E-state index contributed by atoms with van der Waals surface area (Å²) in [5, 5.41) is 4.15. The molecule has 0 aromatic heterocycles. The second-order valence-electron chi connectivity index (χ2n) is 3.49. The summed E-state index contributed by atoms with van der Waals surface area (Å²) in [6.07, 6.45) is 0. The van der Waals surface area contributed by atoms with Crippen LogP contribution in [0, 0.1) is 13.8 Å². The first kappa shape index (κ1) is 9.78. The Labute approximate surface area is 79.7 Å². The van der Waals surface area contributed by atoms with E-state index in [1.165, 1.54) is 11.1 Å². The van der Waals surface area contributed by atoms with Crippen molar-refractivity contribution in [2.24, 2.45) is 5.10 Å². The van der Waals surface area contributed by atoms with Crippen LogP contribution in [0.4, 0.5) is 5.69 Å². The highest BCUT2D eigenvalue weighted by Crippen LogP contribution is 2.15. The molecule has 0 amide bonds. The van der Waals surface area contributed by atoms with Crippen molar-refractivity contribution < 1.29 is 0 Å². The van der Waals surface area contributed by atoms with E-state index in [-0.39, 0.29) is 0 Å². The molecule has 0 heterocycles. The van der Waals surface area contributed by atoms with E-state index in [1.54, 1.807) is 0 Å². The van der Waals surface area contributed by atoms with Gasteiger partial charge in [-0.15, -0.1) is 0 Å². The smallest absolute Gasteiger partial charge is 0.0591 e. The van der Waals surface area contributed by atoms with Gasteiger partial charge in [-0.1, -0.05) is 17.7 Å². The van der Waals surface area contributed by atoms with E-state index >= 15 is 0 Å². The zero-order valence-electron chi connectivity index (χ0n) is 8.68. The fourth-order valence-electron chi connectivity index (χ4n) is 1.11. The highest BCUT2D eigenvalue weighted by molar-refractivity contribution is 5.80. The lowest BCUT2D eigenvalue weighted by molar-refractivity contribution is 1.27. The standard InChI is InChI=1S/C11H16N2/c1-8(2)12-13-11-6-5-9(3)7-10(11)4/h5-7,13H,1-4H3. The van der Waals surface area contributed by atoms with Crippen LogP contribution in [0.5, 0.6) is 0 Å². The molecule has 2 heteroatoms. The zero-order chi connectivity index (χ0) is 9.84. The van der Waals surface area contributed by atoms with Crippen LogP contribution < -0.4 is 5.43 Å². The minimum Gasteiger partial charge on any atom is -0.278 e. The lowest BCUT2D eigenvalue weighted by Crippen LogP contribution is -1.95. The van der Waals surface area contributed by atoms with Gasteiger partial charge in [0.2, 0.25) is 0 Å². The Balaban J connectivity index is 2.84. The second-order valence-corrected chi connectivity index (χ2v) is 3.49. The Kier molecular flexibility index (Phi) is 3.07. The van der Waals surface area contributed by atoms with Crippen molar-refractivity contribution in [2.75, 3.05) is 5.43 Å². The van der Waals surface area contributed by atoms with Crippen LogP contribution in [0.15, 0.2) is 23.3 Å². The van der Waals surface area contributed by atoms with Crippen molar-refractivity contribution in [3.8, 4) is 0 Å². The molecule has 0 saturated heterocycles. The molecule has 1 N–H and O–H groups in total. The molecule has 0 atom stereocenters. The first-order valence-electron chi connectivity index (χ1n) is 4.44. The maximum atomic E-state index is 4.15. The average molecular weight is 176 g/mol. The predicted octanol–water partition coefficient (Wildman–Crippen LogP) is 3.11. The van der Waals surface area contributed by atoms with Gasteiger partial charge in [0, 0.05) is 5.71 Å². The van der Waals surface area contributed by atoms with Gasteiger partial charge in [-0.25, -0.2) is 0 Å². The van der Waals surface area contributed by atoms with Gasteiger partial charge in [0.05, 0.1) is 5.69 Å². The molecule has 0 saturated carbocycles. The molecule has 0 radical (unpaired) electrons. The minimum atomic E-state index is 1.03. The van der Waals surface area contributed by atoms with Crippen LogP contribution in [0.25, 0.3) is 0 Å². The summed E-state index contributed by atoms with van der Waals surface area (Å²) in [4.78, 5) is 0. The summed E-state index contributed by atoms with van der Waals surface area (Å²) in [6.45, 7) is 8.11. The van der Waals surface area contributed by atoms with E-state index in [9.17, 15) is 0 Å². The number of hydrogen-bond acceptors (Lipinski definition) is 2. The molecule has 0 aliphatic heterocycles. The Morgan fingerprint density at radius 1 is 1.23 bits per heavy atom. The molecule has 1 aromatic rings. The van der Waals surface area contributed by atoms with Gasteiger partial charge in [-0.2, -0.15) is 5.10 Å². The van der Waals surface area contributed by atoms with E-state index in [0.29, 0.717) is 0 Å². The fraction of sp³-hybridized carbons (Fsp3) is 0.364. The van der Waals surface area contributed by atoms with Crippen LogP contribution in [0.2, 0.25) is 0 Å². The third kappa shape index (κ3) is 2.90. The van der Waals surface area contributed by atoms with E-state index in [1.807, 2.05) is 13.8 Å². The Morgan fingerprint density at radius 2 is 1.92 bits per heavy atom. The number of hydrogen-bond donors (Lipinski definition) is 1. The first-order valence-corrected chi connectivity index (χ1v) is 4.44. The lowest BCUT2D eigenvalue weighted by Gasteiger charge is -2.05. The Morgan fingerprint density at radius 3 is 2.46 bits per heavy atom. The predicted molar refractivity (Wildman–Crippen MR) is 58.3 cm³/mol. The molecule has 13 heavy (non-hydrogen) atoms. The molecule has 1 aromatic carbocycles. The van der Waals surface area contributed by atoms with Crippen LogP contribution in [0.3, 0.4) is 0 Å². The molecule has 2 nitrogen and oxygen atoms in total. The molecule has 0 fully saturated rings. The topological polar surface area (TPSA) is 24.4 Å². The number of nitrogens with zero attached hydrogens (tertiary/aromatic N) is 1. The minimum absolute atomic E-state index is 1.03. The zero-order valence-corrected chi connectivity index (χ0v) is 8.68. The molecule has 1 rings (SSSR count). The number of benzene rings is 1. The molecule has 0 aliphatic rings. The van der Waals surface area contributed by atoms with Crippen LogP contribution in [-0.2, 0) is 0 Å². The number of anilines is 1. The normalized spacial score (nSPS) is 9.54. The van der Waals surface area contributed by atoms with Gasteiger partial charge < -0.3 is 0 Å². The number of hydrazone groups is 1. The lowest BCUT2D eigenvalue weighted by atomic mass is 10.1. The van der Waals surface area contributed by atoms with Crippen LogP contribution in [0.1, 0.15) is 25.0 Å². The molecule has 0 aliphatic carbocycles. The molecular weight excluding hydrogens is 160 g/mol. The molecule has 0 spiro atoms. The highest BCUT2D eigenvalue weighted by Gasteiger charge is 1.95. The largest absolute Gasteiger partial charge is 0.278 e. The SMILES string of the molecule is CC(C)=NNc1ccc(C)cc1C. The maximum absolute atomic E-state index is 4.15. The summed E-state index contributed by atoms with van der Waals surface area (Å²) in [5.74, 6) is 0. The third-order valence-corrected chi connectivity index (χ3v) is 1.78. The third-order valence-electron chi connectivity index (χ3n) is 1.78. The van der Waals surface area contributed by atoms with Gasteiger partial charge >= 0.3 is 0 Å². The van der Waals surface area contributed by atoms with Crippen molar-refractivity contribution >= 4 is 11.4 Å². The summed E-state index contributed by atoms with van der Waals surface area (Å²) < 4.78 is 0. The van der Waals surface area contributed by atoms with Crippen molar-refractivity contribution in [1.82, 2.24) is 0 Å². The Hall–Kier alpha value is -1.31. The summed E-state index contributed by atoms with van der Waals surface area (Å²) in [7, 11) is 0. The van der Waals surface area contributed by atoms with Gasteiger partial charge in [-0.05, 0) is 39.3 Å². The monoisotopic (exact) mass is 176 g/mol. The van der Waals surface area contributed by atoms with E-state index < -0.39 is 0 Å². The maximum Gasteiger partial charge on any atom is 0.0591 e. The number of rotatable bonds is 2. The summed E-state index contributed by atoms with van der Waals surface area (Å²) in [6, 6.07) is 6.27. The van der Waals surface area contributed by atoms with Crippen molar-refractivity contribution in [2.45, 2.75) is 27.7 Å². The average Bonchev–Trinajstić information content (AvgIpc) is 2.02. The van der Waals surface area contributed by atoms with E-state index in [0.717, 1.165) is 11.4 Å². The summed E-state index contributed by atoms with van der Waals surface area (Å²) in [5.41, 5.74) is 7.64.